The molecule has 0 unspecified atom stereocenters. The molecule has 0 spiro atoms. The summed E-state index contributed by atoms with van der Waals surface area (Å²) in [6.07, 6.45) is -1.55. The molecule has 15 heteroatoms. The van der Waals surface area contributed by atoms with Crippen LogP contribution in [-0.2, 0) is 39.1 Å². The lowest BCUT2D eigenvalue weighted by Gasteiger charge is -2.24. The highest BCUT2D eigenvalue weighted by Gasteiger charge is 2.51. The number of halogens is 1. The Bertz CT molecular complexity index is 1710. The predicted octanol–water partition coefficient (Wildman–Crippen LogP) is 3.20. The predicted molar refractivity (Wildman–Crippen MR) is 144 cm³/mol. The number of carbonyl (C=O) groups is 3. The van der Waals surface area contributed by atoms with Gasteiger partial charge in [0.15, 0.2) is 29.2 Å². The van der Waals surface area contributed by atoms with Gasteiger partial charge < -0.3 is 23.4 Å². The number of nitrogens with zero attached hydrogens (tertiary/aromatic N) is 4. The topological polar surface area (TPSA) is 162 Å². The van der Waals surface area contributed by atoms with E-state index in [0.29, 0.717) is 37.9 Å². The molecule has 1 aromatic carbocycles. The maximum Gasteiger partial charge on any atom is 0.340 e. The second kappa shape index (κ2) is 11.8. The molecule has 3 aromatic heterocycles. The molecule has 0 saturated carbocycles. The number of aromatic nitrogens is 4. The number of benzene rings is 1. The van der Waals surface area contributed by atoms with Gasteiger partial charge in [0.25, 0.3) is 0 Å². The van der Waals surface area contributed by atoms with Gasteiger partial charge in [-0.15, -0.1) is 0 Å². The van der Waals surface area contributed by atoms with E-state index in [0.717, 1.165) is 0 Å². The number of imidazole rings is 1. The molecule has 1 aliphatic rings. The maximum absolute atomic E-state index is 12.7. The van der Waals surface area contributed by atoms with Crippen LogP contribution in [0.2, 0.25) is 5.02 Å². The van der Waals surface area contributed by atoms with Crippen LogP contribution in [0.25, 0.3) is 22.1 Å². The van der Waals surface area contributed by atoms with Crippen molar-refractivity contribution in [3.8, 4) is 0 Å². The highest BCUT2D eigenvalue weighted by atomic mass is 35.5. The molecule has 0 radical (unpaired) electrons. The number of fused-ring (bicyclic) bond motifs is 2. The number of thioether (sulfide) groups is 1. The minimum atomic E-state index is -1.16. The number of carbonyl (C=O) groups excluding carboxylic acids is 3. The van der Waals surface area contributed by atoms with Crippen molar-refractivity contribution >= 4 is 63.4 Å². The lowest BCUT2D eigenvalue weighted by Crippen LogP contribution is -2.40. The van der Waals surface area contributed by atoms with Crippen molar-refractivity contribution in [1.29, 1.82) is 0 Å². The van der Waals surface area contributed by atoms with Gasteiger partial charge in [-0.3, -0.25) is 19.0 Å². The summed E-state index contributed by atoms with van der Waals surface area (Å²) in [6, 6.07) is 6.62. The average Bonchev–Trinajstić information content (AvgIpc) is 3.43. The van der Waals surface area contributed by atoms with Gasteiger partial charge in [-0.1, -0.05) is 23.4 Å². The fourth-order valence-corrected chi connectivity index (χ4v) is 5.60. The first kappa shape index (κ1) is 28.5. The SMILES string of the molecule is CC(=O)OC[C@H]1O[C@@H](n2c(SCc3cc4cc(Cl)ccc4oc3=O)nc3cncnc32)[C@H](OC(C)=O)[C@@H]1OC(C)=O. The van der Waals surface area contributed by atoms with Crippen LogP contribution in [0.4, 0.5) is 0 Å². The Labute approximate surface area is 241 Å². The third-order valence-electron chi connectivity index (χ3n) is 6.04. The molecule has 214 valence electrons. The first-order valence-electron chi connectivity index (χ1n) is 12.3. The molecule has 0 bridgehead atoms. The van der Waals surface area contributed by atoms with Gasteiger partial charge in [-0.2, -0.15) is 0 Å². The average molecular weight is 603 g/mol. The fourth-order valence-electron chi connectivity index (χ4n) is 4.44. The molecular formula is C26H23ClN4O9S. The molecule has 41 heavy (non-hydrogen) atoms. The van der Waals surface area contributed by atoms with E-state index in [1.54, 1.807) is 28.8 Å². The van der Waals surface area contributed by atoms with Crippen LogP contribution in [-0.4, -0.2) is 62.3 Å². The first-order chi connectivity index (χ1) is 19.6. The molecule has 0 N–H and O–H groups in total. The van der Waals surface area contributed by atoms with Crippen molar-refractivity contribution in [2.75, 3.05) is 6.61 Å². The Balaban J connectivity index is 1.54. The van der Waals surface area contributed by atoms with Crippen molar-refractivity contribution in [3.05, 3.63) is 57.8 Å². The van der Waals surface area contributed by atoms with Crippen molar-refractivity contribution in [2.45, 2.75) is 56.2 Å². The normalized spacial score (nSPS) is 20.3. The summed E-state index contributed by atoms with van der Waals surface area (Å²) < 4.78 is 29.4. The van der Waals surface area contributed by atoms with Gasteiger partial charge in [-0.05, 0) is 24.3 Å². The number of esters is 3. The molecule has 1 aliphatic heterocycles. The molecule has 4 aromatic rings. The first-order valence-corrected chi connectivity index (χ1v) is 13.6. The lowest BCUT2D eigenvalue weighted by atomic mass is 10.1. The Hall–Kier alpha value is -4.01. The van der Waals surface area contributed by atoms with Crippen molar-refractivity contribution in [1.82, 2.24) is 19.5 Å². The minimum absolute atomic E-state index is 0.136. The minimum Gasteiger partial charge on any atom is -0.463 e. The molecule has 1 saturated heterocycles. The van der Waals surface area contributed by atoms with Gasteiger partial charge in [-0.25, -0.2) is 19.7 Å². The van der Waals surface area contributed by atoms with E-state index in [9.17, 15) is 19.2 Å². The van der Waals surface area contributed by atoms with Crippen molar-refractivity contribution in [2.24, 2.45) is 0 Å². The highest BCUT2D eigenvalue weighted by molar-refractivity contribution is 7.98. The number of hydrogen-bond donors (Lipinski definition) is 0. The zero-order chi connectivity index (χ0) is 29.3. The smallest absolute Gasteiger partial charge is 0.340 e. The quantitative estimate of drug-likeness (QED) is 0.125. The van der Waals surface area contributed by atoms with Gasteiger partial charge in [0.1, 0.15) is 30.1 Å². The Morgan fingerprint density at radius 2 is 1.83 bits per heavy atom. The lowest BCUT2D eigenvalue weighted by molar-refractivity contribution is -0.166. The molecule has 0 aliphatic carbocycles. The van der Waals surface area contributed by atoms with Crippen LogP contribution in [0.15, 0.2) is 51.2 Å². The van der Waals surface area contributed by atoms with E-state index in [4.69, 9.17) is 35.0 Å². The van der Waals surface area contributed by atoms with Gasteiger partial charge in [0.05, 0.1) is 6.20 Å². The summed E-state index contributed by atoms with van der Waals surface area (Å²) in [5.74, 6) is -1.75. The fraction of sp³-hybridized carbons (Fsp3) is 0.346. The summed E-state index contributed by atoms with van der Waals surface area (Å²) in [6.45, 7) is 3.36. The molecule has 0 amide bonds. The monoisotopic (exact) mass is 602 g/mol. The molecule has 1 fully saturated rings. The Morgan fingerprint density at radius 1 is 1.07 bits per heavy atom. The van der Waals surface area contributed by atoms with Crippen molar-refractivity contribution in [3.63, 3.8) is 0 Å². The summed E-state index contributed by atoms with van der Waals surface area (Å²) >= 11 is 7.28. The van der Waals surface area contributed by atoms with Gasteiger partial charge in [0.2, 0.25) is 0 Å². The summed E-state index contributed by atoms with van der Waals surface area (Å²) in [7, 11) is 0. The van der Waals surface area contributed by atoms with Crippen LogP contribution in [0.1, 0.15) is 32.6 Å². The van der Waals surface area contributed by atoms with Gasteiger partial charge in [0, 0.05) is 42.5 Å². The number of rotatable bonds is 8. The van der Waals surface area contributed by atoms with Crippen LogP contribution >= 0.6 is 23.4 Å². The van der Waals surface area contributed by atoms with Crippen LogP contribution in [0.5, 0.6) is 0 Å². The molecule has 13 nitrogen and oxygen atoms in total. The second-order valence-corrected chi connectivity index (χ2v) is 10.4. The van der Waals surface area contributed by atoms with E-state index in [1.807, 2.05) is 0 Å². The number of hydrogen-bond acceptors (Lipinski definition) is 13. The Kier molecular flexibility index (Phi) is 8.24. The van der Waals surface area contributed by atoms with Crippen molar-refractivity contribution < 1.29 is 37.7 Å². The maximum atomic E-state index is 12.7. The van der Waals surface area contributed by atoms with Gasteiger partial charge >= 0.3 is 23.5 Å². The van der Waals surface area contributed by atoms with E-state index >= 15 is 0 Å². The zero-order valence-electron chi connectivity index (χ0n) is 21.9. The highest BCUT2D eigenvalue weighted by Crippen LogP contribution is 2.39. The summed E-state index contributed by atoms with van der Waals surface area (Å²) in [5, 5.41) is 1.48. The molecule has 4 atom stereocenters. The van der Waals surface area contributed by atoms with E-state index in [1.165, 1.54) is 45.1 Å². The largest absolute Gasteiger partial charge is 0.463 e. The molecular weight excluding hydrogens is 580 g/mol. The molecule has 4 heterocycles. The Morgan fingerprint density at radius 3 is 2.56 bits per heavy atom. The van der Waals surface area contributed by atoms with Crippen LogP contribution in [0.3, 0.4) is 0 Å². The van der Waals surface area contributed by atoms with Crippen LogP contribution < -0.4 is 5.63 Å². The van der Waals surface area contributed by atoms with E-state index in [2.05, 4.69) is 15.0 Å². The molecule has 5 rings (SSSR count). The summed E-state index contributed by atoms with van der Waals surface area (Å²) in [4.78, 5) is 61.3. The number of ether oxygens (including phenoxy) is 4. The standard InChI is InChI=1S/C26H23ClN4O9S/c1-12(32)36-9-20-21(37-13(2)33)22(38-14(3)34)24(39-20)31-23-18(8-28-11-29-23)30-26(31)41-10-16-6-15-7-17(27)4-5-19(15)40-25(16)35/h4-8,11,20-22,24H,9-10H2,1-3H3/t20-,21-,22-,24-/m1/s1. The second-order valence-electron chi connectivity index (χ2n) is 9.04. The third kappa shape index (κ3) is 6.19. The third-order valence-corrected chi connectivity index (χ3v) is 7.28. The summed E-state index contributed by atoms with van der Waals surface area (Å²) in [5.41, 5.74) is 0.946. The zero-order valence-corrected chi connectivity index (χ0v) is 23.5. The van der Waals surface area contributed by atoms with E-state index in [-0.39, 0.29) is 12.4 Å². The van der Waals surface area contributed by atoms with Crippen LogP contribution in [0, 0.1) is 0 Å². The van der Waals surface area contributed by atoms with E-state index < -0.39 is 48.1 Å².